The van der Waals surface area contributed by atoms with Gasteiger partial charge in [-0.2, -0.15) is 0 Å². The molecule has 0 spiro atoms. The first-order valence-electron chi connectivity index (χ1n) is 14.3. The van der Waals surface area contributed by atoms with E-state index in [4.69, 9.17) is 0 Å². The molecule has 0 aromatic heterocycles. The summed E-state index contributed by atoms with van der Waals surface area (Å²) in [6.45, 7) is 0. The van der Waals surface area contributed by atoms with Gasteiger partial charge in [0, 0.05) is 17.8 Å². The average Bonchev–Trinajstić information content (AvgIpc) is 3.51. The van der Waals surface area contributed by atoms with Crippen LogP contribution in [0.5, 0.6) is 0 Å². The van der Waals surface area contributed by atoms with Crippen LogP contribution in [0.1, 0.15) is 122 Å². The smallest absolute Gasteiger partial charge is 0.0104 e. The molecule has 6 aliphatic carbocycles. The molecule has 0 N–H and O–H groups in total. The van der Waals surface area contributed by atoms with E-state index in [1.807, 2.05) is 0 Å². The van der Waals surface area contributed by atoms with Crippen molar-refractivity contribution >= 4 is 0 Å². The van der Waals surface area contributed by atoms with E-state index in [2.05, 4.69) is 72.8 Å². The Morgan fingerprint density at radius 1 is 0.361 bits per heavy atom. The minimum absolute atomic E-state index is 0.615. The van der Waals surface area contributed by atoms with E-state index in [0.717, 1.165) is 0 Å². The predicted octanol–water partition coefficient (Wildman–Crippen LogP) is 8.21. The van der Waals surface area contributed by atoms with Gasteiger partial charge in [0.2, 0.25) is 0 Å². The van der Waals surface area contributed by atoms with E-state index in [9.17, 15) is 0 Å². The van der Waals surface area contributed by atoms with Crippen molar-refractivity contribution in [2.75, 3.05) is 0 Å². The van der Waals surface area contributed by atoms with Gasteiger partial charge >= 0.3 is 0 Å². The quantitative estimate of drug-likeness (QED) is 0.247. The van der Waals surface area contributed by atoms with Crippen molar-refractivity contribution in [1.82, 2.24) is 0 Å². The highest BCUT2D eigenvalue weighted by molar-refractivity contribution is 5.69. The Kier molecular flexibility index (Phi) is 3.39. The predicted molar refractivity (Wildman–Crippen MR) is 144 cm³/mol. The van der Waals surface area contributed by atoms with E-state index < -0.39 is 0 Å². The molecule has 0 saturated carbocycles. The third-order valence-corrected chi connectivity index (χ3v) is 11.3. The molecule has 36 heavy (non-hydrogen) atoms. The molecule has 0 radical (unpaired) electrons. The van der Waals surface area contributed by atoms with Gasteiger partial charge in [-0.25, -0.2) is 0 Å². The maximum Gasteiger partial charge on any atom is 0.0104 e. The highest BCUT2D eigenvalue weighted by Gasteiger charge is 2.49. The summed E-state index contributed by atoms with van der Waals surface area (Å²) in [7, 11) is 0. The number of hydrogen-bond acceptors (Lipinski definition) is 0. The molecule has 0 heterocycles. The van der Waals surface area contributed by atoms with Crippen molar-refractivity contribution in [2.24, 2.45) is 0 Å². The maximum atomic E-state index is 2.47. The summed E-state index contributed by atoms with van der Waals surface area (Å²) in [5.41, 5.74) is 20.7. The molecule has 10 rings (SSSR count). The Balaban J connectivity index is 1.31. The Bertz CT molecular complexity index is 1420. The van der Waals surface area contributed by atoms with Crippen molar-refractivity contribution in [3.63, 3.8) is 0 Å². The van der Waals surface area contributed by atoms with Gasteiger partial charge < -0.3 is 0 Å². The zero-order chi connectivity index (χ0) is 23.1. The Morgan fingerprint density at radius 3 is 0.944 bits per heavy atom. The maximum absolute atomic E-state index is 2.47. The lowest BCUT2D eigenvalue weighted by Crippen LogP contribution is -2.26. The van der Waals surface area contributed by atoms with Crippen LogP contribution in [0.3, 0.4) is 0 Å². The molecule has 0 nitrogen and oxygen atoms in total. The van der Waals surface area contributed by atoms with Crippen LogP contribution in [0.2, 0.25) is 0 Å². The first kappa shape index (κ1) is 19.1. The van der Waals surface area contributed by atoms with E-state index in [1.165, 1.54) is 38.5 Å². The minimum atomic E-state index is 0.615. The summed E-state index contributed by atoms with van der Waals surface area (Å²) in [4.78, 5) is 0. The molecule has 4 aromatic carbocycles. The number of benzene rings is 4. The monoisotopic (exact) mass is 462 g/mol. The number of rotatable bonds is 0. The Morgan fingerprint density at radius 2 is 0.639 bits per heavy atom. The highest BCUT2D eigenvalue weighted by Crippen LogP contribution is 2.64. The molecule has 6 atom stereocenters. The van der Waals surface area contributed by atoms with Gasteiger partial charge in [0.15, 0.2) is 0 Å². The number of hydrogen-bond donors (Lipinski definition) is 0. The molecule has 0 fully saturated rings. The van der Waals surface area contributed by atoms with Crippen molar-refractivity contribution in [2.45, 2.75) is 74.0 Å². The topological polar surface area (TPSA) is 0 Å². The second-order valence-electron chi connectivity index (χ2n) is 12.6. The third kappa shape index (κ3) is 2.13. The molecule has 0 heteroatoms. The SMILES string of the molecule is c1ccc2c(c1)[C@@H]1Cc3c(c4c(c5c3[C@H]3C[C@@H](C5)c5ccccc53)[C@H]3C[C@@H](C4)c4ccccc43)[C@H]2C1. The summed E-state index contributed by atoms with van der Waals surface area (Å²) in [6.07, 6.45) is 7.81. The lowest BCUT2D eigenvalue weighted by atomic mass is 9.64. The van der Waals surface area contributed by atoms with Crippen molar-refractivity contribution < 1.29 is 0 Å². The first-order valence-corrected chi connectivity index (χ1v) is 14.3. The summed E-state index contributed by atoms with van der Waals surface area (Å²) in [6, 6.07) is 28.5. The van der Waals surface area contributed by atoms with Crippen LogP contribution in [-0.4, -0.2) is 0 Å². The zero-order valence-corrected chi connectivity index (χ0v) is 20.6. The van der Waals surface area contributed by atoms with E-state index in [1.54, 1.807) is 66.8 Å². The van der Waals surface area contributed by atoms with Gasteiger partial charge in [-0.15, -0.1) is 0 Å². The van der Waals surface area contributed by atoms with Gasteiger partial charge in [0.1, 0.15) is 0 Å². The van der Waals surface area contributed by atoms with E-state index in [-0.39, 0.29) is 0 Å². The van der Waals surface area contributed by atoms with Crippen LogP contribution < -0.4 is 0 Å². The molecule has 0 aliphatic heterocycles. The Labute approximate surface area is 213 Å². The molecule has 6 bridgehead atoms. The van der Waals surface area contributed by atoms with E-state index >= 15 is 0 Å². The minimum Gasteiger partial charge on any atom is -0.0620 e. The van der Waals surface area contributed by atoms with Gasteiger partial charge in [0.05, 0.1) is 0 Å². The zero-order valence-electron chi connectivity index (χ0n) is 20.6. The summed E-state index contributed by atoms with van der Waals surface area (Å²) >= 11 is 0. The van der Waals surface area contributed by atoms with Gasteiger partial charge in [-0.3, -0.25) is 0 Å². The Hall–Kier alpha value is -3.12. The van der Waals surface area contributed by atoms with Crippen LogP contribution in [0.15, 0.2) is 72.8 Å². The average molecular weight is 463 g/mol. The lowest BCUT2D eigenvalue weighted by molar-refractivity contribution is 0.520. The fraction of sp³-hybridized carbons (Fsp3) is 0.333. The molecule has 0 saturated heterocycles. The lowest BCUT2D eigenvalue weighted by Gasteiger charge is -2.40. The third-order valence-electron chi connectivity index (χ3n) is 11.3. The van der Waals surface area contributed by atoms with Crippen LogP contribution in [0, 0.1) is 0 Å². The largest absolute Gasteiger partial charge is 0.0620 e. The summed E-state index contributed by atoms with van der Waals surface area (Å²) < 4.78 is 0. The van der Waals surface area contributed by atoms with Gasteiger partial charge in [-0.05, 0) is 123 Å². The van der Waals surface area contributed by atoms with Crippen LogP contribution in [0.25, 0.3) is 0 Å². The van der Waals surface area contributed by atoms with Gasteiger partial charge in [-0.1, -0.05) is 72.8 Å². The molecule has 0 unspecified atom stereocenters. The van der Waals surface area contributed by atoms with E-state index in [0.29, 0.717) is 35.5 Å². The molecule has 0 amide bonds. The standard InChI is InChI=1S/C36H30/c1-4-10-25-22(7-1)19-13-28(25)34-31(16-19)35-29-14-21(24-9-2-5-11-26(24)29)18-33(35)36-30-15-20(17-32(34)36)23-8-3-6-12-27(23)30/h1-12,19-21,28-30H,13-18H2/t19-,20-,21-,28-,29-,30-/m0/s1. The van der Waals surface area contributed by atoms with Crippen molar-refractivity contribution in [1.29, 1.82) is 0 Å². The van der Waals surface area contributed by atoms with Crippen LogP contribution in [-0.2, 0) is 19.3 Å². The molecular weight excluding hydrogens is 432 g/mol. The second kappa shape index (κ2) is 6.41. The summed E-state index contributed by atoms with van der Waals surface area (Å²) in [5, 5.41) is 0. The number of fused-ring (bicyclic) bond motifs is 24. The first-order chi connectivity index (χ1) is 17.8. The second-order valence-corrected chi connectivity index (χ2v) is 12.6. The molecule has 4 aromatic rings. The fourth-order valence-electron chi connectivity index (χ4n) is 10.3. The van der Waals surface area contributed by atoms with Crippen LogP contribution in [0.4, 0.5) is 0 Å². The molecule has 6 aliphatic rings. The van der Waals surface area contributed by atoms with Gasteiger partial charge in [0.25, 0.3) is 0 Å². The molecule has 174 valence electrons. The normalized spacial score (nSPS) is 30.7. The summed E-state index contributed by atoms with van der Waals surface area (Å²) in [5.74, 6) is 3.99. The van der Waals surface area contributed by atoms with Crippen molar-refractivity contribution in [3.05, 3.63) is 140 Å². The fourth-order valence-corrected chi connectivity index (χ4v) is 10.3. The highest BCUT2D eigenvalue weighted by atomic mass is 14.5. The van der Waals surface area contributed by atoms with Crippen molar-refractivity contribution in [3.8, 4) is 0 Å². The molecular formula is C36H30. The van der Waals surface area contributed by atoms with Crippen LogP contribution >= 0.6 is 0 Å².